The van der Waals surface area contributed by atoms with Crippen molar-refractivity contribution in [3.63, 3.8) is 0 Å². The molecule has 0 aliphatic heterocycles. The zero-order chi connectivity index (χ0) is 19.6. The Hall–Kier alpha value is -2.19. The summed E-state index contributed by atoms with van der Waals surface area (Å²) in [5, 5.41) is 4.27. The number of nitrogens with zero attached hydrogens (tertiary/aromatic N) is 2. The van der Waals surface area contributed by atoms with E-state index in [1.807, 2.05) is 13.8 Å². The maximum Gasteiger partial charge on any atom is 0.263 e. The van der Waals surface area contributed by atoms with E-state index in [1.165, 1.54) is 12.1 Å². The molecule has 3 aromatic rings. The van der Waals surface area contributed by atoms with Crippen LogP contribution in [0.25, 0.3) is 0 Å². The number of hydrogen-bond acceptors (Lipinski definition) is 3. The molecule has 2 aromatic carbocycles. The first kappa shape index (κ1) is 19.6. The molecule has 8 heteroatoms. The first-order valence-electron chi connectivity index (χ1n) is 8.35. The van der Waals surface area contributed by atoms with Gasteiger partial charge >= 0.3 is 0 Å². The Kier molecular flexibility index (Phi) is 5.67. The largest absolute Gasteiger partial charge is 0.265 e. The van der Waals surface area contributed by atoms with Gasteiger partial charge in [-0.05, 0) is 57.2 Å². The van der Waals surface area contributed by atoms with Crippen molar-refractivity contribution < 1.29 is 12.8 Å². The average Bonchev–Trinajstić information content (AvgIpc) is 2.95. The molecule has 0 spiro atoms. The summed E-state index contributed by atoms with van der Waals surface area (Å²) in [6.07, 6.45) is 1.67. The van der Waals surface area contributed by atoms with Crippen LogP contribution in [0.3, 0.4) is 0 Å². The van der Waals surface area contributed by atoms with Gasteiger partial charge in [0.15, 0.2) is 5.82 Å². The molecule has 0 amide bonds. The van der Waals surface area contributed by atoms with Gasteiger partial charge in [-0.3, -0.25) is 9.40 Å². The predicted octanol–water partition coefficient (Wildman–Crippen LogP) is 4.76. The average molecular weight is 452 g/mol. The molecule has 27 heavy (non-hydrogen) atoms. The molecule has 0 fully saturated rings. The number of rotatable bonds is 6. The standard InChI is InChI=1S/C19H19BrFN3O2S/c1-13(2)15-5-9-17(10-6-15)27(25,26)23-19-18(20)12-24(22-19)11-14-3-7-16(21)8-4-14/h3-10,12-13H,11H2,1-2H3,(H,22,23). The smallest absolute Gasteiger partial charge is 0.263 e. The van der Waals surface area contributed by atoms with Crippen molar-refractivity contribution in [1.82, 2.24) is 9.78 Å². The molecule has 3 rings (SSSR count). The fourth-order valence-electron chi connectivity index (χ4n) is 2.54. The summed E-state index contributed by atoms with van der Waals surface area (Å²) < 4.78 is 42.8. The van der Waals surface area contributed by atoms with E-state index in [0.717, 1.165) is 11.1 Å². The van der Waals surface area contributed by atoms with E-state index >= 15 is 0 Å². The van der Waals surface area contributed by atoms with Gasteiger partial charge in [-0.25, -0.2) is 12.8 Å². The Morgan fingerprint density at radius 1 is 1.11 bits per heavy atom. The minimum absolute atomic E-state index is 0.173. The van der Waals surface area contributed by atoms with E-state index in [4.69, 9.17) is 0 Å². The number of halogens is 2. The Balaban J connectivity index is 1.78. The van der Waals surface area contributed by atoms with E-state index in [-0.39, 0.29) is 16.5 Å². The van der Waals surface area contributed by atoms with E-state index in [1.54, 1.807) is 47.3 Å². The Morgan fingerprint density at radius 2 is 1.74 bits per heavy atom. The topological polar surface area (TPSA) is 64.0 Å². The highest BCUT2D eigenvalue weighted by molar-refractivity contribution is 9.10. The van der Waals surface area contributed by atoms with Gasteiger partial charge in [-0.15, -0.1) is 0 Å². The molecule has 1 heterocycles. The van der Waals surface area contributed by atoms with Crippen molar-refractivity contribution in [2.24, 2.45) is 0 Å². The summed E-state index contributed by atoms with van der Waals surface area (Å²) in [5.41, 5.74) is 1.92. The zero-order valence-corrected chi connectivity index (χ0v) is 17.3. The van der Waals surface area contributed by atoms with Crippen LogP contribution in [0.15, 0.2) is 64.1 Å². The van der Waals surface area contributed by atoms with Crippen molar-refractivity contribution in [2.75, 3.05) is 4.72 Å². The molecular weight excluding hydrogens is 433 g/mol. The third kappa shape index (κ3) is 4.75. The second-order valence-electron chi connectivity index (χ2n) is 6.48. The van der Waals surface area contributed by atoms with Crippen LogP contribution in [0.2, 0.25) is 0 Å². The molecule has 0 saturated carbocycles. The number of sulfonamides is 1. The molecule has 1 N–H and O–H groups in total. The first-order chi connectivity index (χ1) is 12.7. The molecule has 0 aliphatic carbocycles. The fourth-order valence-corrected chi connectivity index (χ4v) is 4.11. The number of hydrogen-bond donors (Lipinski definition) is 1. The third-order valence-electron chi connectivity index (χ3n) is 4.06. The first-order valence-corrected chi connectivity index (χ1v) is 10.6. The van der Waals surface area contributed by atoms with Crippen LogP contribution in [-0.4, -0.2) is 18.2 Å². The van der Waals surface area contributed by atoms with Crippen LogP contribution in [0.1, 0.15) is 30.9 Å². The maximum atomic E-state index is 13.0. The van der Waals surface area contributed by atoms with E-state index in [0.29, 0.717) is 16.9 Å². The van der Waals surface area contributed by atoms with Gasteiger partial charge in [-0.1, -0.05) is 38.1 Å². The second-order valence-corrected chi connectivity index (χ2v) is 9.02. The Labute approximate surface area is 166 Å². The lowest BCUT2D eigenvalue weighted by molar-refractivity contribution is 0.600. The highest BCUT2D eigenvalue weighted by atomic mass is 79.9. The van der Waals surface area contributed by atoms with Crippen LogP contribution in [0.5, 0.6) is 0 Å². The number of aromatic nitrogens is 2. The molecule has 0 unspecified atom stereocenters. The lowest BCUT2D eigenvalue weighted by Gasteiger charge is -2.09. The molecule has 5 nitrogen and oxygen atoms in total. The summed E-state index contributed by atoms with van der Waals surface area (Å²) in [6, 6.07) is 12.8. The second kappa shape index (κ2) is 7.82. The molecule has 142 valence electrons. The summed E-state index contributed by atoms with van der Waals surface area (Å²) in [7, 11) is -3.75. The van der Waals surface area contributed by atoms with E-state index in [9.17, 15) is 12.8 Å². The van der Waals surface area contributed by atoms with Crippen molar-refractivity contribution in [1.29, 1.82) is 0 Å². The minimum Gasteiger partial charge on any atom is -0.265 e. The van der Waals surface area contributed by atoms with Crippen LogP contribution in [0, 0.1) is 5.82 Å². The summed E-state index contributed by atoms with van der Waals surface area (Å²) in [4.78, 5) is 0.173. The van der Waals surface area contributed by atoms with Gasteiger partial charge in [0, 0.05) is 6.20 Å². The van der Waals surface area contributed by atoms with Gasteiger partial charge < -0.3 is 0 Å². The van der Waals surface area contributed by atoms with Gasteiger partial charge in [-0.2, -0.15) is 5.10 Å². The van der Waals surface area contributed by atoms with Crippen molar-refractivity contribution in [3.8, 4) is 0 Å². The molecule has 0 saturated heterocycles. The van der Waals surface area contributed by atoms with Crippen LogP contribution < -0.4 is 4.72 Å². The Bertz CT molecular complexity index is 1030. The van der Waals surface area contributed by atoms with Crippen LogP contribution in [-0.2, 0) is 16.6 Å². The molecular formula is C19H19BrFN3O2S. The molecule has 0 aliphatic rings. The van der Waals surface area contributed by atoms with Crippen molar-refractivity contribution >= 4 is 31.8 Å². The summed E-state index contributed by atoms with van der Waals surface area (Å²) in [5.74, 6) is 0.216. The minimum atomic E-state index is -3.75. The SMILES string of the molecule is CC(C)c1ccc(S(=O)(=O)Nc2nn(Cc3ccc(F)cc3)cc2Br)cc1. The maximum absolute atomic E-state index is 13.0. The monoisotopic (exact) mass is 451 g/mol. The third-order valence-corrected chi connectivity index (χ3v) is 6.00. The fraction of sp³-hybridized carbons (Fsp3) is 0.211. The highest BCUT2D eigenvalue weighted by Gasteiger charge is 2.18. The Morgan fingerprint density at radius 3 is 2.33 bits per heavy atom. The highest BCUT2D eigenvalue weighted by Crippen LogP contribution is 2.25. The van der Waals surface area contributed by atoms with Gasteiger partial charge in [0.2, 0.25) is 0 Å². The quantitative estimate of drug-likeness (QED) is 0.587. The van der Waals surface area contributed by atoms with Crippen molar-refractivity contribution in [3.05, 3.63) is 76.1 Å². The molecule has 1 aromatic heterocycles. The summed E-state index contributed by atoms with van der Waals surface area (Å²) in [6.45, 7) is 4.49. The normalized spacial score (nSPS) is 11.7. The van der Waals surface area contributed by atoms with E-state index < -0.39 is 10.0 Å². The molecule has 0 atom stereocenters. The van der Waals surface area contributed by atoms with Gasteiger partial charge in [0.05, 0.1) is 15.9 Å². The van der Waals surface area contributed by atoms with E-state index in [2.05, 4.69) is 25.8 Å². The van der Waals surface area contributed by atoms with Crippen LogP contribution >= 0.6 is 15.9 Å². The summed E-state index contributed by atoms with van der Waals surface area (Å²) >= 11 is 3.33. The number of anilines is 1. The van der Waals surface area contributed by atoms with Gasteiger partial charge in [0.25, 0.3) is 10.0 Å². The molecule has 0 bridgehead atoms. The predicted molar refractivity (Wildman–Crippen MR) is 107 cm³/mol. The van der Waals surface area contributed by atoms with Crippen LogP contribution in [0.4, 0.5) is 10.2 Å². The van der Waals surface area contributed by atoms with Gasteiger partial charge in [0.1, 0.15) is 5.82 Å². The molecule has 0 radical (unpaired) electrons. The lowest BCUT2D eigenvalue weighted by atomic mass is 10.0. The van der Waals surface area contributed by atoms with Crippen molar-refractivity contribution in [2.45, 2.75) is 31.2 Å². The number of benzene rings is 2. The lowest BCUT2D eigenvalue weighted by Crippen LogP contribution is -2.14. The number of nitrogens with one attached hydrogen (secondary N) is 1. The zero-order valence-electron chi connectivity index (χ0n) is 14.9.